The summed E-state index contributed by atoms with van der Waals surface area (Å²) in [6.45, 7) is 3.42. The van der Waals surface area contributed by atoms with Gasteiger partial charge in [0.2, 0.25) is 0 Å². The molecule has 5 nitrogen and oxygen atoms in total. The van der Waals surface area contributed by atoms with Gasteiger partial charge in [-0.25, -0.2) is 8.42 Å². The second kappa shape index (κ2) is 7.40. The van der Waals surface area contributed by atoms with Crippen molar-refractivity contribution in [3.05, 3.63) is 35.9 Å². The van der Waals surface area contributed by atoms with Crippen molar-refractivity contribution in [2.75, 3.05) is 19.4 Å². The maximum absolute atomic E-state index is 12.2. The van der Waals surface area contributed by atoms with Gasteiger partial charge >= 0.3 is 5.97 Å². The van der Waals surface area contributed by atoms with Crippen molar-refractivity contribution in [1.29, 1.82) is 0 Å². The Morgan fingerprint density at radius 1 is 1.30 bits per heavy atom. The van der Waals surface area contributed by atoms with Crippen LogP contribution < -0.4 is 5.32 Å². The molecule has 0 saturated heterocycles. The van der Waals surface area contributed by atoms with Crippen LogP contribution >= 0.6 is 0 Å². The number of hydrogen-bond acceptors (Lipinski definition) is 5. The van der Waals surface area contributed by atoms with Crippen LogP contribution in [0.2, 0.25) is 0 Å². The molecule has 1 rings (SSSR count). The van der Waals surface area contributed by atoms with E-state index < -0.39 is 26.8 Å². The first-order valence-corrected chi connectivity index (χ1v) is 8.23. The number of carbonyl (C=O) groups is 1. The SMILES string of the molecule is CCOC(=O)CS(=O)(=O)C(C)C(NC)c1ccccc1. The summed E-state index contributed by atoms with van der Waals surface area (Å²) in [4.78, 5) is 11.4. The third-order valence-electron chi connectivity index (χ3n) is 3.13. The normalized spacial score (nSPS) is 14.6. The van der Waals surface area contributed by atoms with E-state index in [1.807, 2.05) is 30.3 Å². The molecular formula is C14H21NO4S. The molecule has 0 aliphatic carbocycles. The molecule has 0 bridgehead atoms. The largest absolute Gasteiger partial charge is 0.465 e. The van der Waals surface area contributed by atoms with Crippen LogP contribution in [-0.2, 0) is 19.4 Å². The zero-order chi connectivity index (χ0) is 15.2. The fourth-order valence-electron chi connectivity index (χ4n) is 2.04. The first-order valence-electron chi connectivity index (χ1n) is 6.51. The Kier molecular flexibility index (Phi) is 6.16. The van der Waals surface area contributed by atoms with E-state index in [0.717, 1.165) is 5.56 Å². The van der Waals surface area contributed by atoms with Gasteiger partial charge in [-0.05, 0) is 26.5 Å². The maximum Gasteiger partial charge on any atom is 0.321 e. The molecule has 0 amide bonds. The van der Waals surface area contributed by atoms with Crippen molar-refractivity contribution in [2.45, 2.75) is 25.1 Å². The monoisotopic (exact) mass is 299 g/mol. The van der Waals surface area contributed by atoms with Crippen LogP contribution in [0.1, 0.15) is 25.5 Å². The van der Waals surface area contributed by atoms with Crippen LogP contribution in [0.3, 0.4) is 0 Å². The summed E-state index contributed by atoms with van der Waals surface area (Å²) in [6, 6.07) is 8.92. The van der Waals surface area contributed by atoms with Gasteiger partial charge < -0.3 is 10.1 Å². The number of ether oxygens (including phenoxy) is 1. The second-order valence-electron chi connectivity index (χ2n) is 4.49. The molecule has 112 valence electrons. The number of hydrogen-bond donors (Lipinski definition) is 1. The average Bonchev–Trinajstić information content (AvgIpc) is 2.40. The fraction of sp³-hybridized carbons (Fsp3) is 0.500. The first kappa shape index (κ1) is 16.7. The number of sulfone groups is 1. The molecule has 2 atom stereocenters. The number of carbonyl (C=O) groups excluding carboxylic acids is 1. The van der Waals surface area contributed by atoms with Crippen molar-refractivity contribution < 1.29 is 17.9 Å². The molecule has 6 heteroatoms. The molecule has 0 fully saturated rings. The molecule has 0 aliphatic rings. The summed E-state index contributed by atoms with van der Waals surface area (Å²) in [5.74, 6) is -1.30. The summed E-state index contributed by atoms with van der Waals surface area (Å²) in [7, 11) is -1.88. The summed E-state index contributed by atoms with van der Waals surface area (Å²) < 4.78 is 29.2. The summed E-state index contributed by atoms with van der Waals surface area (Å²) in [5, 5.41) is 2.28. The van der Waals surface area contributed by atoms with Gasteiger partial charge in [0.05, 0.1) is 11.9 Å². The van der Waals surface area contributed by atoms with Gasteiger partial charge in [-0.15, -0.1) is 0 Å². The highest BCUT2D eigenvalue weighted by Crippen LogP contribution is 2.22. The summed E-state index contributed by atoms with van der Waals surface area (Å²) >= 11 is 0. The van der Waals surface area contributed by atoms with Crippen molar-refractivity contribution in [2.24, 2.45) is 0 Å². The standard InChI is InChI=1S/C14H21NO4S/c1-4-19-13(16)10-20(17,18)11(2)14(15-3)12-8-6-5-7-9-12/h5-9,11,14-15H,4,10H2,1-3H3. The Morgan fingerprint density at radius 2 is 1.90 bits per heavy atom. The van der Waals surface area contributed by atoms with E-state index in [4.69, 9.17) is 4.74 Å². The quantitative estimate of drug-likeness (QED) is 0.769. The highest BCUT2D eigenvalue weighted by molar-refractivity contribution is 7.92. The topological polar surface area (TPSA) is 72.5 Å². The van der Waals surface area contributed by atoms with Crippen LogP contribution in [0.5, 0.6) is 0 Å². The molecule has 2 unspecified atom stereocenters. The summed E-state index contributed by atoms with van der Waals surface area (Å²) in [6.07, 6.45) is 0. The second-order valence-corrected chi connectivity index (χ2v) is 6.85. The predicted octanol–water partition coefficient (Wildman–Crippen LogP) is 1.31. The Bertz CT molecular complexity index is 527. The minimum atomic E-state index is -3.58. The van der Waals surface area contributed by atoms with Gasteiger partial charge in [-0.3, -0.25) is 4.79 Å². The first-order chi connectivity index (χ1) is 9.42. The van der Waals surface area contributed by atoms with E-state index in [-0.39, 0.29) is 12.6 Å². The van der Waals surface area contributed by atoms with E-state index >= 15 is 0 Å². The number of esters is 1. The molecule has 0 radical (unpaired) electrons. The molecule has 0 spiro atoms. The van der Waals surface area contributed by atoms with Crippen LogP contribution in [0.15, 0.2) is 30.3 Å². The van der Waals surface area contributed by atoms with E-state index in [0.29, 0.717) is 0 Å². The van der Waals surface area contributed by atoms with Crippen LogP contribution in [0.4, 0.5) is 0 Å². The summed E-state index contributed by atoms with van der Waals surface area (Å²) in [5.41, 5.74) is 0.870. The maximum atomic E-state index is 12.2. The molecule has 20 heavy (non-hydrogen) atoms. The molecule has 0 aliphatic heterocycles. The number of rotatable bonds is 7. The van der Waals surface area contributed by atoms with Crippen molar-refractivity contribution >= 4 is 15.8 Å². The third kappa shape index (κ3) is 4.31. The van der Waals surface area contributed by atoms with Crippen molar-refractivity contribution in [1.82, 2.24) is 5.32 Å². The molecule has 1 aromatic carbocycles. The molecule has 1 N–H and O–H groups in total. The van der Waals surface area contributed by atoms with Crippen LogP contribution in [0.25, 0.3) is 0 Å². The average molecular weight is 299 g/mol. The highest BCUT2D eigenvalue weighted by atomic mass is 32.2. The van der Waals surface area contributed by atoms with E-state index in [1.54, 1.807) is 20.9 Å². The molecule has 0 aromatic heterocycles. The Balaban J connectivity index is 2.90. The van der Waals surface area contributed by atoms with Gasteiger partial charge in [0.15, 0.2) is 9.84 Å². The lowest BCUT2D eigenvalue weighted by molar-refractivity contribution is -0.139. The zero-order valence-electron chi connectivity index (χ0n) is 12.0. The Morgan fingerprint density at radius 3 is 2.40 bits per heavy atom. The van der Waals surface area contributed by atoms with Crippen LogP contribution in [-0.4, -0.2) is 39.0 Å². The predicted molar refractivity (Wildman–Crippen MR) is 78.1 cm³/mol. The number of nitrogens with one attached hydrogen (secondary N) is 1. The van der Waals surface area contributed by atoms with E-state index in [1.165, 1.54) is 0 Å². The minimum absolute atomic E-state index is 0.177. The van der Waals surface area contributed by atoms with Gasteiger partial charge in [0, 0.05) is 6.04 Å². The van der Waals surface area contributed by atoms with Gasteiger partial charge in [-0.1, -0.05) is 30.3 Å². The fourth-order valence-corrected chi connectivity index (χ4v) is 3.42. The lowest BCUT2D eigenvalue weighted by Crippen LogP contribution is -2.36. The van der Waals surface area contributed by atoms with E-state index in [9.17, 15) is 13.2 Å². The van der Waals surface area contributed by atoms with Gasteiger partial charge in [0.25, 0.3) is 0 Å². The Hall–Kier alpha value is -1.40. The number of benzene rings is 1. The van der Waals surface area contributed by atoms with E-state index in [2.05, 4.69) is 5.32 Å². The lowest BCUT2D eigenvalue weighted by atomic mass is 10.0. The molecular weight excluding hydrogens is 278 g/mol. The molecule has 1 aromatic rings. The van der Waals surface area contributed by atoms with Gasteiger partial charge in [-0.2, -0.15) is 0 Å². The van der Waals surface area contributed by atoms with Gasteiger partial charge in [0.1, 0.15) is 5.75 Å². The lowest BCUT2D eigenvalue weighted by Gasteiger charge is -2.23. The van der Waals surface area contributed by atoms with Crippen LogP contribution in [0, 0.1) is 0 Å². The molecule has 0 saturated carbocycles. The van der Waals surface area contributed by atoms with Crippen molar-refractivity contribution in [3.8, 4) is 0 Å². The zero-order valence-corrected chi connectivity index (χ0v) is 12.8. The highest BCUT2D eigenvalue weighted by Gasteiger charge is 2.31. The minimum Gasteiger partial charge on any atom is -0.465 e. The third-order valence-corrected chi connectivity index (χ3v) is 5.17. The van der Waals surface area contributed by atoms with Crippen molar-refractivity contribution in [3.63, 3.8) is 0 Å². The Labute approximate surface area is 120 Å². The smallest absolute Gasteiger partial charge is 0.321 e. The molecule has 0 heterocycles.